The zero-order valence-electron chi connectivity index (χ0n) is 7.07. The molecule has 0 amide bonds. The Balaban J connectivity index is 2.41. The van der Waals surface area contributed by atoms with E-state index in [9.17, 15) is 0 Å². The summed E-state index contributed by atoms with van der Waals surface area (Å²) in [6.45, 7) is 2.18. The highest BCUT2D eigenvalue weighted by Gasteiger charge is 2.00. The lowest BCUT2D eigenvalue weighted by Crippen LogP contribution is -2.17. The van der Waals surface area contributed by atoms with Gasteiger partial charge in [0.15, 0.2) is 0 Å². The first-order valence-corrected chi connectivity index (χ1v) is 3.98. The van der Waals surface area contributed by atoms with Gasteiger partial charge in [-0.15, -0.1) is 5.10 Å². The molecule has 1 rings (SSSR count). The minimum absolute atomic E-state index is 0.189. The van der Waals surface area contributed by atoms with E-state index in [4.69, 9.17) is 5.11 Å². The van der Waals surface area contributed by atoms with Gasteiger partial charge in [0.1, 0.15) is 5.82 Å². The molecule has 0 saturated heterocycles. The Morgan fingerprint density at radius 2 is 2.50 bits per heavy atom. The van der Waals surface area contributed by atoms with Crippen molar-refractivity contribution < 1.29 is 5.11 Å². The summed E-state index contributed by atoms with van der Waals surface area (Å²) in [6, 6.07) is 3.90. The molecule has 0 aromatic carbocycles. The van der Waals surface area contributed by atoms with Crippen molar-refractivity contribution in [3.63, 3.8) is 0 Å². The van der Waals surface area contributed by atoms with Crippen LogP contribution in [-0.4, -0.2) is 28.0 Å². The van der Waals surface area contributed by atoms with Gasteiger partial charge < -0.3 is 10.4 Å². The molecule has 0 radical (unpaired) electrons. The molecule has 0 fully saturated rings. The molecule has 12 heavy (non-hydrogen) atoms. The van der Waals surface area contributed by atoms with Gasteiger partial charge in [-0.1, -0.05) is 0 Å². The van der Waals surface area contributed by atoms with Gasteiger partial charge in [-0.25, -0.2) is 0 Å². The fourth-order valence-electron chi connectivity index (χ4n) is 0.897. The van der Waals surface area contributed by atoms with Crippen molar-refractivity contribution in [1.82, 2.24) is 10.2 Å². The number of aliphatic hydroxyl groups excluding tert-OH is 1. The standard InChI is InChI=1S/C8H13N3O/c1-7(4-6-12)10-8-3-2-5-9-11-8/h2-3,5,7,12H,4,6H2,1H3,(H,10,11)/t7-/m0/s1. The first kappa shape index (κ1) is 8.93. The SMILES string of the molecule is C[C@@H](CCO)Nc1cccnn1. The second kappa shape index (κ2) is 4.66. The molecule has 1 heterocycles. The van der Waals surface area contributed by atoms with Crippen LogP contribution in [-0.2, 0) is 0 Å². The molecular weight excluding hydrogens is 154 g/mol. The van der Waals surface area contributed by atoms with Crippen LogP contribution in [0.5, 0.6) is 0 Å². The first-order chi connectivity index (χ1) is 5.83. The van der Waals surface area contributed by atoms with E-state index in [1.807, 2.05) is 19.1 Å². The lowest BCUT2D eigenvalue weighted by Gasteiger charge is -2.11. The molecule has 0 spiro atoms. The molecule has 0 unspecified atom stereocenters. The second-order valence-corrected chi connectivity index (χ2v) is 2.67. The molecule has 0 aliphatic carbocycles. The number of nitrogens with zero attached hydrogens (tertiary/aromatic N) is 2. The van der Waals surface area contributed by atoms with Gasteiger partial charge in [-0.2, -0.15) is 5.10 Å². The quantitative estimate of drug-likeness (QED) is 0.691. The van der Waals surface area contributed by atoms with Crippen molar-refractivity contribution >= 4 is 5.82 Å². The van der Waals surface area contributed by atoms with E-state index in [2.05, 4.69) is 15.5 Å². The molecule has 0 saturated carbocycles. The Labute approximate surface area is 71.6 Å². The molecule has 1 atom stereocenters. The molecule has 0 bridgehead atoms. The van der Waals surface area contributed by atoms with Crippen molar-refractivity contribution in [1.29, 1.82) is 0 Å². The largest absolute Gasteiger partial charge is 0.396 e. The lowest BCUT2D eigenvalue weighted by molar-refractivity contribution is 0.282. The maximum absolute atomic E-state index is 8.64. The minimum Gasteiger partial charge on any atom is -0.396 e. The average Bonchev–Trinajstić information content (AvgIpc) is 2.06. The second-order valence-electron chi connectivity index (χ2n) is 2.67. The first-order valence-electron chi connectivity index (χ1n) is 3.98. The molecule has 1 aromatic rings. The van der Waals surface area contributed by atoms with E-state index < -0.39 is 0 Å². The average molecular weight is 167 g/mol. The van der Waals surface area contributed by atoms with Crippen LogP contribution in [0.1, 0.15) is 13.3 Å². The number of hydrogen-bond acceptors (Lipinski definition) is 4. The van der Waals surface area contributed by atoms with E-state index in [-0.39, 0.29) is 12.6 Å². The summed E-state index contributed by atoms with van der Waals surface area (Å²) in [4.78, 5) is 0. The zero-order chi connectivity index (χ0) is 8.81. The summed E-state index contributed by atoms with van der Waals surface area (Å²) in [5.74, 6) is 0.749. The molecule has 1 aromatic heterocycles. The smallest absolute Gasteiger partial charge is 0.148 e. The molecule has 2 N–H and O–H groups in total. The maximum Gasteiger partial charge on any atom is 0.148 e. The molecule has 4 heteroatoms. The number of hydrogen-bond donors (Lipinski definition) is 2. The number of anilines is 1. The monoisotopic (exact) mass is 167 g/mol. The summed E-state index contributed by atoms with van der Waals surface area (Å²) in [5.41, 5.74) is 0. The van der Waals surface area contributed by atoms with Gasteiger partial charge in [0.2, 0.25) is 0 Å². The van der Waals surface area contributed by atoms with Crippen molar-refractivity contribution in [2.24, 2.45) is 0 Å². The maximum atomic E-state index is 8.64. The van der Waals surface area contributed by atoms with Crippen molar-refractivity contribution in [2.75, 3.05) is 11.9 Å². The normalized spacial score (nSPS) is 12.5. The van der Waals surface area contributed by atoms with Crippen LogP contribution in [0.25, 0.3) is 0 Å². The third kappa shape index (κ3) is 2.84. The van der Waals surface area contributed by atoms with Crippen LogP contribution < -0.4 is 5.32 Å². The van der Waals surface area contributed by atoms with Gasteiger partial charge in [0.25, 0.3) is 0 Å². The third-order valence-electron chi connectivity index (χ3n) is 1.53. The highest BCUT2D eigenvalue weighted by Crippen LogP contribution is 2.02. The number of rotatable bonds is 4. The van der Waals surface area contributed by atoms with Gasteiger partial charge in [-0.3, -0.25) is 0 Å². The van der Waals surface area contributed by atoms with E-state index in [1.165, 1.54) is 0 Å². The summed E-state index contributed by atoms with van der Waals surface area (Å²) in [5, 5.41) is 19.3. The molecule has 4 nitrogen and oxygen atoms in total. The number of aliphatic hydroxyl groups is 1. The van der Waals surface area contributed by atoms with Crippen molar-refractivity contribution in [3.05, 3.63) is 18.3 Å². The predicted molar refractivity (Wildman–Crippen MR) is 46.8 cm³/mol. The van der Waals surface area contributed by atoms with Crippen LogP contribution in [0, 0.1) is 0 Å². The van der Waals surface area contributed by atoms with Gasteiger partial charge >= 0.3 is 0 Å². The van der Waals surface area contributed by atoms with Gasteiger partial charge in [0.05, 0.1) is 0 Å². The van der Waals surface area contributed by atoms with Crippen LogP contribution in [0.3, 0.4) is 0 Å². The van der Waals surface area contributed by atoms with E-state index in [1.54, 1.807) is 6.20 Å². The highest BCUT2D eigenvalue weighted by molar-refractivity contribution is 5.32. The fourth-order valence-corrected chi connectivity index (χ4v) is 0.897. The zero-order valence-corrected chi connectivity index (χ0v) is 7.07. The molecular formula is C8H13N3O. The fraction of sp³-hybridized carbons (Fsp3) is 0.500. The Morgan fingerprint density at radius 3 is 3.08 bits per heavy atom. The summed E-state index contributed by atoms with van der Waals surface area (Å²) in [7, 11) is 0. The third-order valence-corrected chi connectivity index (χ3v) is 1.53. The topological polar surface area (TPSA) is 58.0 Å². The number of aromatic nitrogens is 2. The van der Waals surface area contributed by atoms with Crippen molar-refractivity contribution in [3.8, 4) is 0 Å². The lowest BCUT2D eigenvalue weighted by atomic mass is 10.2. The number of nitrogens with one attached hydrogen (secondary N) is 1. The van der Waals surface area contributed by atoms with Crippen LogP contribution in [0.4, 0.5) is 5.82 Å². The highest BCUT2D eigenvalue weighted by atomic mass is 16.3. The summed E-state index contributed by atoms with van der Waals surface area (Å²) >= 11 is 0. The molecule has 66 valence electrons. The molecule has 0 aliphatic heterocycles. The molecule has 0 aliphatic rings. The Kier molecular flexibility index (Phi) is 3.47. The predicted octanol–water partition coefficient (Wildman–Crippen LogP) is 0.659. The Morgan fingerprint density at radius 1 is 1.67 bits per heavy atom. The van der Waals surface area contributed by atoms with Crippen LogP contribution in [0.15, 0.2) is 18.3 Å². The summed E-state index contributed by atoms with van der Waals surface area (Å²) < 4.78 is 0. The van der Waals surface area contributed by atoms with E-state index >= 15 is 0 Å². The van der Waals surface area contributed by atoms with Crippen LogP contribution >= 0.6 is 0 Å². The van der Waals surface area contributed by atoms with E-state index in [0.29, 0.717) is 0 Å². The van der Waals surface area contributed by atoms with Gasteiger partial charge in [0, 0.05) is 18.8 Å². The minimum atomic E-state index is 0.189. The van der Waals surface area contributed by atoms with Gasteiger partial charge in [-0.05, 0) is 25.5 Å². The Bertz CT molecular complexity index is 215. The van der Waals surface area contributed by atoms with E-state index in [0.717, 1.165) is 12.2 Å². The van der Waals surface area contributed by atoms with Crippen molar-refractivity contribution in [2.45, 2.75) is 19.4 Å². The summed E-state index contributed by atoms with van der Waals surface area (Å²) in [6.07, 6.45) is 2.35. The Hall–Kier alpha value is -1.16. The van der Waals surface area contributed by atoms with Crippen LogP contribution in [0.2, 0.25) is 0 Å².